The van der Waals surface area contributed by atoms with E-state index in [0.29, 0.717) is 0 Å². The molecule has 100 valence electrons. The van der Waals surface area contributed by atoms with Gasteiger partial charge < -0.3 is 0 Å². The van der Waals surface area contributed by atoms with Crippen LogP contribution in [0.3, 0.4) is 0 Å². The molecule has 1 aliphatic rings. The van der Waals surface area contributed by atoms with Gasteiger partial charge >= 0.3 is 0 Å². The number of hydrogen-bond donors (Lipinski definition) is 1. The largest absolute Gasteiger partial charge is 0.217 e. The SMILES string of the molecule is CCCC[N+](C)(O)CCc1ccc2c(c1)CCC2. The molecule has 0 spiro atoms. The number of rotatable bonds is 6. The van der Waals surface area contributed by atoms with Gasteiger partial charge in [-0.2, -0.15) is 4.65 Å². The van der Waals surface area contributed by atoms with E-state index in [2.05, 4.69) is 25.1 Å². The molecule has 18 heavy (non-hydrogen) atoms. The van der Waals surface area contributed by atoms with Crippen molar-refractivity contribution in [2.45, 2.75) is 45.4 Å². The summed E-state index contributed by atoms with van der Waals surface area (Å²) in [5.41, 5.74) is 4.45. The van der Waals surface area contributed by atoms with Gasteiger partial charge in [-0.15, -0.1) is 0 Å². The van der Waals surface area contributed by atoms with E-state index in [9.17, 15) is 5.21 Å². The summed E-state index contributed by atoms with van der Waals surface area (Å²) in [5.74, 6) is 0. The number of fused-ring (bicyclic) bond motifs is 1. The Balaban J connectivity index is 1.90. The summed E-state index contributed by atoms with van der Waals surface area (Å²) in [6.07, 6.45) is 7.02. The molecule has 1 N–H and O–H groups in total. The van der Waals surface area contributed by atoms with E-state index in [1.165, 1.54) is 36.0 Å². The minimum absolute atomic E-state index is 0.158. The van der Waals surface area contributed by atoms with Crippen LogP contribution in [0, 0.1) is 0 Å². The number of unbranched alkanes of at least 4 members (excludes halogenated alkanes) is 1. The van der Waals surface area contributed by atoms with Crippen molar-refractivity contribution in [2.24, 2.45) is 0 Å². The molecule has 0 aliphatic heterocycles. The molecule has 0 heterocycles. The molecular weight excluding hydrogens is 222 g/mol. The van der Waals surface area contributed by atoms with Crippen LogP contribution in [0.25, 0.3) is 0 Å². The number of aryl methyl sites for hydroxylation is 2. The van der Waals surface area contributed by atoms with Gasteiger partial charge in [0.2, 0.25) is 0 Å². The predicted molar refractivity (Wildman–Crippen MR) is 74.8 cm³/mol. The van der Waals surface area contributed by atoms with Crippen LogP contribution in [0.1, 0.15) is 42.9 Å². The Morgan fingerprint density at radius 2 is 1.94 bits per heavy atom. The van der Waals surface area contributed by atoms with E-state index in [1.54, 1.807) is 0 Å². The number of quaternary nitrogens is 1. The number of benzene rings is 1. The first-order valence-electron chi connectivity index (χ1n) is 7.29. The molecule has 0 amide bonds. The zero-order chi connectivity index (χ0) is 13.0. The lowest BCUT2D eigenvalue weighted by Gasteiger charge is -2.25. The highest BCUT2D eigenvalue weighted by atomic mass is 16.5. The van der Waals surface area contributed by atoms with Gasteiger partial charge in [-0.05, 0) is 42.4 Å². The fraction of sp³-hybridized carbons (Fsp3) is 0.625. The average Bonchev–Trinajstić information content (AvgIpc) is 2.81. The smallest absolute Gasteiger partial charge is 0.112 e. The summed E-state index contributed by atoms with van der Waals surface area (Å²) in [7, 11) is 1.92. The molecule has 1 atom stereocenters. The van der Waals surface area contributed by atoms with Gasteiger partial charge in [-0.1, -0.05) is 31.5 Å². The fourth-order valence-electron chi connectivity index (χ4n) is 2.76. The van der Waals surface area contributed by atoms with Gasteiger partial charge in [0.05, 0.1) is 7.05 Å². The van der Waals surface area contributed by atoms with Gasteiger partial charge in [-0.3, -0.25) is 0 Å². The average molecular weight is 248 g/mol. The minimum atomic E-state index is 0.158. The topological polar surface area (TPSA) is 20.2 Å². The Morgan fingerprint density at radius 3 is 2.72 bits per heavy atom. The van der Waals surface area contributed by atoms with Crippen molar-refractivity contribution >= 4 is 0 Å². The fourth-order valence-corrected chi connectivity index (χ4v) is 2.76. The van der Waals surface area contributed by atoms with Gasteiger partial charge in [0.1, 0.15) is 13.1 Å². The second-order valence-electron chi connectivity index (χ2n) is 5.85. The Kier molecular flexibility index (Phi) is 4.41. The highest BCUT2D eigenvalue weighted by Gasteiger charge is 2.18. The second kappa shape index (κ2) is 5.85. The van der Waals surface area contributed by atoms with Gasteiger partial charge in [-0.25, -0.2) is 5.21 Å². The van der Waals surface area contributed by atoms with Crippen LogP contribution in [0.2, 0.25) is 0 Å². The zero-order valence-electron chi connectivity index (χ0n) is 11.8. The van der Waals surface area contributed by atoms with Gasteiger partial charge in [0, 0.05) is 6.42 Å². The van der Waals surface area contributed by atoms with Crippen LogP contribution in [-0.4, -0.2) is 30.0 Å². The van der Waals surface area contributed by atoms with E-state index in [4.69, 9.17) is 0 Å². The minimum Gasteiger partial charge on any atom is -0.217 e. The molecule has 1 aromatic rings. The lowest BCUT2D eigenvalue weighted by atomic mass is 10.0. The van der Waals surface area contributed by atoms with E-state index < -0.39 is 0 Å². The number of likely N-dealkylation sites (N-methyl/N-ethyl adjacent to an activating group) is 1. The summed E-state index contributed by atoms with van der Waals surface area (Å²) in [6.45, 7) is 3.85. The van der Waals surface area contributed by atoms with E-state index in [-0.39, 0.29) is 4.65 Å². The van der Waals surface area contributed by atoms with Crippen molar-refractivity contribution in [1.82, 2.24) is 0 Å². The van der Waals surface area contributed by atoms with Crippen LogP contribution in [0.15, 0.2) is 18.2 Å². The number of hydrogen-bond acceptors (Lipinski definition) is 1. The van der Waals surface area contributed by atoms with E-state index in [0.717, 1.165) is 32.4 Å². The Labute approximate surface area is 111 Å². The van der Waals surface area contributed by atoms with Crippen LogP contribution < -0.4 is 0 Å². The molecule has 2 rings (SSSR count). The van der Waals surface area contributed by atoms with Crippen molar-refractivity contribution in [1.29, 1.82) is 0 Å². The van der Waals surface area contributed by atoms with Crippen LogP contribution in [0.5, 0.6) is 0 Å². The first-order chi connectivity index (χ1) is 8.61. The van der Waals surface area contributed by atoms with Crippen LogP contribution in [0.4, 0.5) is 0 Å². The van der Waals surface area contributed by atoms with Crippen molar-refractivity contribution in [3.05, 3.63) is 34.9 Å². The molecule has 1 aliphatic carbocycles. The summed E-state index contributed by atoms with van der Waals surface area (Å²) in [4.78, 5) is 0. The molecular formula is C16H26NO+. The van der Waals surface area contributed by atoms with Crippen molar-refractivity contribution in [3.63, 3.8) is 0 Å². The molecule has 0 saturated carbocycles. The monoisotopic (exact) mass is 248 g/mol. The zero-order valence-corrected chi connectivity index (χ0v) is 11.8. The standard InChI is InChI=1S/C16H26NO/c1-3-4-11-17(2,18)12-10-14-8-9-15-6-5-7-16(15)13-14/h8-9,13,18H,3-7,10-12H2,1-2H3/q+1. The lowest BCUT2D eigenvalue weighted by Crippen LogP contribution is -2.42. The second-order valence-corrected chi connectivity index (χ2v) is 5.85. The molecule has 1 aromatic carbocycles. The third kappa shape index (κ3) is 3.56. The maximum atomic E-state index is 10.2. The Morgan fingerprint density at radius 1 is 1.17 bits per heavy atom. The van der Waals surface area contributed by atoms with Gasteiger partial charge in [0.15, 0.2) is 0 Å². The summed E-state index contributed by atoms with van der Waals surface area (Å²) >= 11 is 0. The third-order valence-electron chi connectivity index (χ3n) is 4.04. The maximum Gasteiger partial charge on any atom is 0.112 e. The summed E-state index contributed by atoms with van der Waals surface area (Å²) in [6, 6.07) is 6.87. The van der Waals surface area contributed by atoms with E-state index >= 15 is 0 Å². The Bertz CT molecular complexity index is 398. The molecule has 2 heteroatoms. The molecule has 0 radical (unpaired) electrons. The van der Waals surface area contributed by atoms with Crippen LogP contribution >= 0.6 is 0 Å². The summed E-state index contributed by atoms with van der Waals surface area (Å²) in [5, 5.41) is 10.2. The van der Waals surface area contributed by atoms with Crippen molar-refractivity contribution in [3.8, 4) is 0 Å². The number of nitrogens with zero attached hydrogens (tertiary/aromatic N) is 1. The van der Waals surface area contributed by atoms with Gasteiger partial charge in [0.25, 0.3) is 0 Å². The molecule has 2 nitrogen and oxygen atoms in total. The first-order valence-corrected chi connectivity index (χ1v) is 7.29. The van der Waals surface area contributed by atoms with Crippen LogP contribution in [-0.2, 0) is 19.3 Å². The highest BCUT2D eigenvalue weighted by molar-refractivity contribution is 5.35. The lowest BCUT2D eigenvalue weighted by molar-refractivity contribution is -1.09. The Hall–Kier alpha value is -0.860. The molecule has 1 unspecified atom stereocenters. The summed E-state index contributed by atoms with van der Waals surface area (Å²) < 4.78 is 0.158. The molecule has 0 bridgehead atoms. The van der Waals surface area contributed by atoms with Crippen molar-refractivity contribution in [2.75, 3.05) is 20.1 Å². The maximum absolute atomic E-state index is 10.2. The third-order valence-corrected chi connectivity index (χ3v) is 4.04. The first kappa shape index (κ1) is 13.6. The highest BCUT2D eigenvalue weighted by Crippen LogP contribution is 2.23. The molecule has 0 saturated heterocycles. The molecule has 0 aromatic heterocycles. The predicted octanol–water partition coefficient (Wildman–Crippen LogP) is 3.35. The van der Waals surface area contributed by atoms with Crippen molar-refractivity contribution < 1.29 is 9.85 Å². The quantitative estimate of drug-likeness (QED) is 0.604. The normalized spacial score (nSPS) is 17.5. The number of hydroxylamine groups is 3. The van der Waals surface area contributed by atoms with E-state index in [1.807, 2.05) is 7.05 Å². The molecule has 0 fully saturated rings.